The van der Waals surface area contributed by atoms with Gasteiger partial charge in [-0.05, 0) is 5.56 Å². The van der Waals surface area contributed by atoms with E-state index in [1.165, 1.54) is 6.07 Å². The van der Waals surface area contributed by atoms with Gasteiger partial charge in [0.1, 0.15) is 58.9 Å². The summed E-state index contributed by atoms with van der Waals surface area (Å²) in [4.78, 5) is 12.8. The van der Waals surface area contributed by atoms with Gasteiger partial charge in [-0.3, -0.25) is 4.79 Å². The zero-order chi connectivity index (χ0) is 27.9. The van der Waals surface area contributed by atoms with E-state index >= 15 is 0 Å². The number of rotatable bonds is 7. The molecule has 0 saturated carbocycles. The number of carbonyl (C=O) groups is 1. The molecule has 13 heteroatoms. The zero-order valence-electron chi connectivity index (χ0n) is 20.6. The van der Waals surface area contributed by atoms with Crippen molar-refractivity contribution in [2.75, 3.05) is 19.8 Å². The molecule has 13 nitrogen and oxygen atoms in total. The summed E-state index contributed by atoms with van der Waals surface area (Å²) in [6.45, 7) is -1.99. The van der Waals surface area contributed by atoms with E-state index in [1.807, 2.05) is 6.07 Å². The standard InChI is InChI=1S/C26H30O13/c27-9-18-20(31)21(32)22(39-25-23(33)26(34,10-28)11-35-25)24(38-18)36-13-6-14(29)19-15(30)8-16(37-17(19)7-13)12-4-2-1-3-5-12/h1-7,16,18,20-25,27-29,31-34H,8-11H2/t16-,18-,20-,21+,22-,23+,24-,25+,26-/m1/s1. The van der Waals surface area contributed by atoms with Gasteiger partial charge in [0.2, 0.25) is 6.29 Å². The molecule has 0 aromatic heterocycles. The van der Waals surface area contributed by atoms with Crippen LogP contribution in [0.5, 0.6) is 17.2 Å². The third-order valence-electron chi connectivity index (χ3n) is 7.09. The van der Waals surface area contributed by atoms with Gasteiger partial charge in [-0.25, -0.2) is 0 Å². The normalized spacial score (nSPS) is 36.3. The van der Waals surface area contributed by atoms with Crippen LogP contribution in [0.25, 0.3) is 0 Å². The number of ketones is 1. The first-order valence-electron chi connectivity index (χ1n) is 12.3. The maximum absolute atomic E-state index is 12.8. The molecule has 3 aliphatic heterocycles. The summed E-state index contributed by atoms with van der Waals surface area (Å²) in [7, 11) is 0. The van der Waals surface area contributed by atoms with E-state index in [0.717, 1.165) is 11.6 Å². The second kappa shape index (κ2) is 11.0. The van der Waals surface area contributed by atoms with Crippen molar-refractivity contribution in [2.45, 2.75) is 61.2 Å². The van der Waals surface area contributed by atoms with E-state index in [4.69, 9.17) is 23.7 Å². The Bertz CT molecular complexity index is 1180. The Morgan fingerprint density at radius 2 is 1.77 bits per heavy atom. The number of aliphatic hydroxyl groups excluding tert-OH is 5. The van der Waals surface area contributed by atoms with Crippen LogP contribution in [0.1, 0.15) is 28.4 Å². The topological polar surface area (TPSA) is 205 Å². The summed E-state index contributed by atoms with van der Waals surface area (Å²) in [6, 6.07) is 11.5. The molecule has 39 heavy (non-hydrogen) atoms. The second-order valence-electron chi connectivity index (χ2n) is 9.77. The van der Waals surface area contributed by atoms with Crippen molar-refractivity contribution in [3.8, 4) is 17.2 Å². The third kappa shape index (κ3) is 5.20. The van der Waals surface area contributed by atoms with Gasteiger partial charge in [0.25, 0.3) is 0 Å². The van der Waals surface area contributed by atoms with Gasteiger partial charge in [0.15, 0.2) is 18.2 Å². The molecule has 2 fully saturated rings. The minimum absolute atomic E-state index is 0.0125. The lowest BCUT2D eigenvalue weighted by atomic mass is 9.95. The maximum Gasteiger partial charge on any atom is 0.229 e. The Hall–Kier alpha value is -2.85. The van der Waals surface area contributed by atoms with Crippen molar-refractivity contribution in [3.63, 3.8) is 0 Å². The fourth-order valence-electron chi connectivity index (χ4n) is 4.83. The van der Waals surface area contributed by atoms with Crippen LogP contribution in [-0.2, 0) is 14.2 Å². The highest BCUT2D eigenvalue weighted by Gasteiger charge is 2.53. The Labute approximate surface area is 222 Å². The monoisotopic (exact) mass is 550 g/mol. The van der Waals surface area contributed by atoms with E-state index in [2.05, 4.69) is 0 Å². The zero-order valence-corrected chi connectivity index (χ0v) is 20.6. The van der Waals surface area contributed by atoms with Gasteiger partial charge < -0.3 is 59.4 Å². The summed E-state index contributed by atoms with van der Waals surface area (Å²) >= 11 is 0. The summed E-state index contributed by atoms with van der Waals surface area (Å²) < 4.78 is 28.3. The third-order valence-corrected chi connectivity index (χ3v) is 7.09. The lowest BCUT2D eigenvalue weighted by Crippen LogP contribution is -2.62. The predicted molar refractivity (Wildman–Crippen MR) is 128 cm³/mol. The molecule has 3 heterocycles. The van der Waals surface area contributed by atoms with Gasteiger partial charge in [-0.1, -0.05) is 30.3 Å². The fraction of sp³-hybridized carbons (Fsp3) is 0.500. The van der Waals surface area contributed by atoms with Crippen molar-refractivity contribution >= 4 is 5.78 Å². The van der Waals surface area contributed by atoms with E-state index in [9.17, 15) is 40.5 Å². The van der Waals surface area contributed by atoms with Crippen molar-refractivity contribution in [3.05, 3.63) is 53.6 Å². The molecule has 0 spiro atoms. The first kappa shape index (κ1) is 27.7. The van der Waals surface area contributed by atoms with E-state index in [0.29, 0.717) is 0 Å². The molecule has 7 N–H and O–H groups in total. The van der Waals surface area contributed by atoms with Crippen LogP contribution in [0.15, 0.2) is 42.5 Å². The minimum atomic E-state index is -2.02. The molecule has 0 radical (unpaired) electrons. The SMILES string of the molecule is O=C1C[C@H](c2ccccc2)Oc2cc(O[C@@H]3O[C@H](CO)[C@@H](O)[C@H](O)[C@H]3O[C@@H]3OC[C@](O)(CO)[C@H]3O)cc(O)c21. The number of carbonyl (C=O) groups excluding carboxylic acids is 1. The number of phenolic OH excluding ortho intramolecular Hbond substituents is 1. The average Bonchev–Trinajstić information content (AvgIpc) is 3.21. The number of phenols is 1. The van der Waals surface area contributed by atoms with Crippen molar-refractivity contribution < 1.29 is 64.2 Å². The Morgan fingerprint density at radius 3 is 2.44 bits per heavy atom. The first-order chi connectivity index (χ1) is 18.6. The Kier molecular flexibility index (Phi) is 7.79. The van der Waals surface area contributed by atoms with Crippen molar-refractivity contribution in [1.29, 1.82) is 0 Å². The van der Waals surface area contributed by atoms with Gasteiger partial charge in [0, 0.05) is 12.1 Å². The molecule has 3 aliphatic rings. The van der Waals surface area contributed by atoms with Gasteiger partial charge in [-0.2, -0.15) is 0 Å². The van der Waals surface area contributed by atoms with Crippen LogP contribution in [0, 0.1) is 0 Å². The van der Waals surface area contributed by atoms with Crippen LogP contribution in [0.3, 0.4) is 0 Å². The quantitative estimate of drug-likeness (QED) is 0.215. The molecule has 212 valence electrons. The molecular formula is C26H30O13. The second-order valence-corrected chi connectivity index (χ2v) is 9.77. The van der Waals surface area contributed by atoms with E-state index in [-0.39, 0.29) is 29.3 Å². The number of fused-ring (bicyclic) bond motifs is 1. The fourth-order valence-corrected chi connectivity index (χ4v) is 4.83. The Morgan fingerprint density at radius 1 is 1.03 bits per heavy atom. The number of Topliss-reactive ketones (excluding diaryl/α,β-unsaturated/α-hetero) is 1. The number of hydrogen-bond acceptors (Lipinski definition) is 13. The van der Waals surface area contributed by atoms with Crippen molar-refractivity contribution in [2.24, 2.45) is 0 Å². The van der Waals surface area contributed by atoms with Gasteiger partial charge in [0.05, 0.1) is 26.2 Å². The van der Waals surface area contributed by atoms with Gasteiger partial charge in [-0.15, -0.1) is 0 Å². The first-order valence-corrected chi connectivity index (χ1v) is 12.3. The highest BCUT2D eigenvalue weighted by Crippen LogP contribution is 2.42. The van der Waals surface area contributed by atoms with Crippen LogP contribution < -0.4 is 9.47 Å². The highest BCUT2D eigenvalue weighted by molar-refractivity contribution is 6.02. The van der Waals surface area contributed by atoms with E-state index < -0.39 is 80.4 Å². The lowest BCUT2D eigenvalue weighted by Gasteiger charge is -2.42. The average molecular weight is 551 g/mol. The molecule has 9 atom stereocenters. The molecule has 0 aliphatic carbocycles. The number of aliphatic hydroxyl groups is 6. The molecule has 0 unspecified atom stereocenters. The summed E-state index contributed by atoms with van der Waals surface area (Å²) in [5.41, 5.74) is -1.29. The van der Waals surface area contributed by atoms with Crippen LogP contribution >= 0.6 is 0 Å². The summed E-state index contributed by atoms with van der Waals surface area (Å²) in [5.74, 6) is -0.780. The van der Waals surface area contributed by atoms with Crippen LogP contribution in [0.2, 0.25) is 0 Å². The maximum atomic E-state index is 12.8. The molecular weight excluding hydrogens is 520 g/mol. The minimum Gasteiger partial charge on any atom is -0.507 e. The van der Waals surface area contributed by atoms with E-state index in [1.54, 1.807) is 24.3 Å². The van der Waals surface area contributed by atoms with Crippen LogP contribution in [0.4, 0.5) is 0 Å². The molecule has 5 rings (SSSR count). The molecule has 0 amide bonds. The van der Waals surface area contributed by atoms with Crippen LogP contribution in [-0.4, -0.2) is 110 Å². The Balaban J connectivity index is 1.41. The largest absolute Gasteiger partial charge is 0.507 e. The van der Waals surface area contributed by atoms with Gasteiger partial charge >= 0.3 is 0 Å². The lowest BCUT2D eigenvalue weighted by molar-refractivity contribution is -0.318. The molecule has 0 bridgehead atoms. The summed E-state index contributed by atoms with van der Waals surface area (Å²) in [5, 5.41) is 71.4. The molecule has 2 saturated heterocycles. The summed E-state index contributed by atoms with van der Waals surface area (Å²) in [6.07, 6.45) is -11.6. The number of aromatic hydroxyl groups is 1. The van der Waals surface area contributed by atoms with Crippen molar-refractivity contribution in [1.82, 2.24) is 0 Å². The molecule has 2 aromatic rings. The number of ether oxygens (including phenoxy) is 5. The number of hydrogen-bond donors (Lipinski definition) is 7. The predicted octanol–water partition coefficient (Wildman–Crippen LogP) is -1.26. The smallest absolute Gasteiger partial charge is 0.229 e. The number of benzene rings is 2. The highest BCUT2D eigenvalue weighted by atomic mass is 16.8. The molecule has 2 aromatic carbocycles.